The van der Waals surface area contributed by atoms with E-state index < -0.39 is 11.9 Å². The van der Waals surface area contributed by atoms with Gasteiger partial charge in [0.2, 0.25) is 11.8 Å². The molecule has 0 radical (unpaired) electrons. The summed E-state index contributed by atoms with van der Waals surface area (Å²) in [5, 5.41) is 9.09. The molecule has 1 aromatic rings. The van der Waals surface area contributed by atoms with Crippen molar-refractivity contribution in [3.05, 3.63) is 30.1 Å². The molecule has 1 saturated heterocycles. The number of carbonyl (C=O) groups is 3. The van der Waals surface area contributed by atoms with Gasteiger partial charge in [0.25, 0.3) is 0 Å². The summed E-state index contributed by atoms with van der Waals surface area (Å²) in [6.45, 7) is 0.906. The summed E-state index contributed by atoms with van der Waals surface area (Å²) in [5.41, 5.74) is 0. The van der Waals surface area contributed by atoms with Crippen molar-refractivity contribution in [2.75, 3.05) is 33.3 Å². The van der Waals surface area contributed by atoms with Crippen molar-refractivity contribution in [3.63, 3.8) is 0 Å². The van der Waals surface area contributed by atoms with E-state index in [0.29, 0.717) is 31.6 Å². The Morgan fingerprint density at radius 1 is 1.37 bits per heavy atom. The van der Waals surface area contributed by atoms with E-state index in [1.807, 2.05) is 0 Å². The lowest BCUT2D eigenvalue weighted by molar-refractivity contribution is -0.147. The summed E-state index contributed by atoms with van der Waals surface area (Å²) in [7, 11) is 1.55. The number of amides is 2. The van der Waals surface area contributed by atoms with E-state index in [1.165, 1.54) is 21.9 Å². The second-order valence-electron chi connectivity index (χ2n) is 6.68. The minimum Gasteiger partial charge on any atom is -0.493 e. The van der Waals surface area contributed by atoms with Crippen molar-refractivity contribution >= 4 is 17.8 Å². The van der Waals surface area contributed by atoms with Crippen LogP contribution < -0.4 is 4.74 Å². The first-order valence-corrected chi connectivity index (χ1v) is 8.99. The first kappa shape index (κ1) is 20.7. The molecule has 27 heavy (non-hydrogen) atoms. The van der Waals surface area contributed by atoms with Gasteiger partial charge in [-0.25, -0.2) is 4.39 Å². The van der Waals surface area contributed by atoms with E-state index in [0.717, 1.165) is 0 Å². The fourth-order valence-electron chi connectivity index (χ4n) is 2.96. The highest BCUT2D eigenvalue weighted by Crippen LogP contribution is 2.17. The first-order valence-electron chi connectivity index (χ1n) is 8.99. The quantitative estimate of drug-likeness (QED) is 0.695. The smallest absolute Gasteiger partial charge is 0.308 e. The van der Waals surface area contributed by atoms with Crippen molar-refractivity contribution in [1.29, 1.82) is 0 Å². The van der Waals surface area contributed by atoms with E-state index in [2.05, 4.69) is 0 Å². The number of carboxylic acids is 1. The zero-order valence-electron chi connectivity index (χ0n) is 15.4. The molecule has 1 fully saturated rings. The van der Waals surface area contributed by atoms with Gasteiger partial charge in [0, 0.05) is 32.6 Å². The summed E-state index contributed by atoms with van der Waals surface area (Å²) in [5.74, 6) is -1.85. The third kappa shape index (κ3) is 6.54. The van der Waals surface area contributed by atoms with Crippen LogP contribution in [0.2, 0.25) is 0 Å². The Morgan fingerprint density at radius 2 is 2.15 bits per heavy atom. The molecule has 0 aliphatic carbocycles. The van der Waals surface area contributed by atoms with Gasteiger partial charge in [-0.1, -0.05) is 6.07 Å². The Hall–Kier alpha value is -2.64. The Bertz CT molecular complexity index is 682. The minimum absolute atomic E-state index is 0.0735. The summed E-state index contributed by atoms with van der Waals surface area (Å²) >= 11 is 0. The Labute approximate surface area is 157 Å². The van der Waals surface area contributed by atoms with Gasteiger partial charge in [0.05, 0.1) is 19.1 Å². The Kier molecular flexibility index (Phi) is 7.57. The van der Waals surface area contributed by atoms with Crippen LogP contribution in [0, 0.1) is 11.7 Å². The summed E-state index contributed by atoms with van der Waals surface area (Å²) in [4.78, 5) is 38.4. The SMILES string of the molecule is CN(CC(=O)N1CCCC(C(=O)O)C1)C(=O)CCCOc1cccc(F)c1. The molecule has 1 aromatic carbocycles. The molecule has 0 aromatic heterocycles. The van der Waals surface area contributed by atoms with Crippen molar-refractivity contribution in [1.82, 2.24) is 9.80 Å². The van der Waals surface area contributed by atoms with E-state index >= 15 is 0 Å². The van der Waals surface area contributed by atoms with Gasteiger partial charge in [-0.15, -0.1) is 0 Å². The van der Waals surface area contributed by atoms with E-state index in [4.69, 9.17) is 9.84 Å². The molecule has 1 aliphatic rings. The lowest BCUT2D eigenvalue weighted by atomic mass is 9.98. The summed E-state index contributed by atoms with van der Waals surface area (Å²) in [6, 6.07) is 5.78. The predicted octanol–water partition coefficient (Wildman–Crippen LogP) is 1.77. The van der Waals surface area contributed by atoms with Crippen LogP contribution >= 0.6 is 0 Å². The lowest BCUT2D eigenvalue weighted by Crippen LogP contribution is -2.46. The largest absolute Gasteiger partial charge is 0.493 e. The number of piperidine rings is 1. The van der Waals surface area contributed by atoms with Gasteiger partial charge >= 0.3 is 5.97 Å². The number of nitrogens with zero attached hydrogens (tertiary/aromatic N) is 2. The zero-order chi connectivity index (χ0) is 19.8. The third-order valence-electron chi connectivity index (χ3n) is 4.52. The second-order valence-corrected chi connectivity index (χ2v) is 6.68. The van der Waals surface area contributed by atoms with Crippen molar-refractivity contribution in [3.8, 4) is 5.75 Å². The number of hydrogen-bond donors (Lipinski definition) is 1. The topological polar surface area (TPSA) is 87.2 Å². The third-order valence-corrected chi connectivity index (χ3v) is 4.52. The number of likely N-dealkylation sites (N-methyl/N-ethyl adjacent to an activating group) is 1. The molecular weight excluding hydrogens is 355 g/mol. The normalized spacial score (nSPS) is 16.7. The summed E-state index contributed by atoms with van der Waals surface area (Å²) in [6.07, 6.45) is 1.87. The van der Waals surface area contributed by atoms with Crippen LogP contribution in [0.3, 0.4) is 0 Å². The number of benzene rings is 1. The number of hydrogen-bond acceptors (Lipinski definition) is 4. The van der Waals surface area contributed by atoms with Crippen LogP contribution in [0.5, 0.6) is 5.75 Å². The first-order chi connectivity index (χ1) is 12.9. The molecule has 0 spiro atoms. The van der Waals surface area contributed by atoms with Gasteiger partial charge in [0.1, 0.15) is 11.6 Å². The predicted molar refractivity (Wildman–Crippen MR) is 95.7 cm³/mol. The second kappa shape index (κ2) is 9.89. The highest BCUT2D eigenvalue weighted by Gasteiger charge is 2.28. The average Bonchev–Trinajstić information content (AvgIpc) is 2.65. The highest BCUT2D eigenvalue weighted by atomic mass is 19.1. The minimum atomic E-state index is -0.893. The number of halogens is 1. The molecule has 1 atom stereocenters. The van der Waals surface area contributed by atoms with Crippen LogP contribution in [-0.4, -0.2) is 66.0 Å². The van der Waals surface area contributed by atoms with Gasteiger partial charge in [-0.05, 0) is 31.4 Å². The Balaban J connectivity index is 1.70. The lowest BCUT2D eigenvalue weighted by Gasteiger charge is -2.32. The van der Waals surface area contributed by atoms with Gasteiger partial charge in [0.15, 0.2) is 0 Å². The van der Waals surface area contributed by atoms with E-state index in [9.17, 15) is 18.8 Å². The van der Waals surface area contributed by atoms with Crippen LogP contribution in [0.15, 0.2) is 24.3 Å². The van der Waals surface area contributed by atoms with Gasteiger partial charge < -0.3 is 19.6 Å². The van der Waals surface area contributed by atoms with Crippen molar-refractivity contribution in [2.45, 2.75) is 25.7 Å². The van der Waals surface area contributed by atoms with Gasteiger partial charge in [-0.3, -0.25) is 14.4 Å². The zero-order valence-corrected chi connectivity index (χ0v) is 15.4. The molecule has 0 saturated carbocycles. The number of ether oxygens (including phenoxy) is 1. The van der Waals surface area contributed by atoms with Crippen LogP contribution in [0.4, 0.5) is 4.39 Å². The molecular formula is C19H25FN2O5. The maximum absolute atomic E-state index is 13.0. The highest BCUT2D eigenvalue weighted by molar-refractivity contribution is 5.85. The number of rotatable bonds is 8. The molecule has 7 nitrogen and oxygen atoms in total. The maximum Gasteiger partial charge on any atom is 0.308 e. The van der Waals surface area contributed by atoms with E-state index in [1.54, 1.807) is 19.2 Å². The summed E-state index contributed by atoms with van der Waals surface area (Å²) < 4.78 is 18.4. The maximum atomic E-state index is 13.0. The Morgan fingerprint density at radius 3 is 2.85 bits per heavy atom. The fourth-order valence-corrected chi connectivity index (χ4v) is 2.96. The molecule has 1 heterocycles. The number of likely N-dealkylation sites (tertiary alicyclic amines) is 1. The monoisotopic (exact) mass is 380 g/mol. The molecule has 1 unspecified atom stereocenters. The van der Waals surface area contributed by atoms with Crippen molar-refractivity contribution in [2.24, 2.45) is 5.92 Å². The number of aliphatic carboxylic acids is 1. The molecule has 1 N–H and O–H groups in total. The number of carbonyl (C=O) groups excluding carboxylic acids is 2. The standard InChI is InChI=1S/C19H25FN2O5/c1-21(13-18(24)22-9-3-5-14(12-22)19(25)26)17(23)8-4-10-27-16-7-2-6-15(20)11-16/h2,6-7,11,14H,3-5,8-10,12-13H2,1H3,(H,25,26). The molecule has 148 valence electrons. The van der Waals surface area contributed by atoms with Crippen LogP contribution in [-0.2, 0) is 14.4 Å². The fraction of sp³-hybridized carbons (Fsp3) is 0.526. The van der Waals surface area contributed by atoms with Crippen LogP contribution in [0.1, 0.15) is 25.7 Å². The van der Waals surface area contributed by atoms with Gasteiger partial charge in [-0.2, -0.15) is 0 Å². The molecule has 1 aliphatic heterocycles. The molecule has 2 rings (SSSR count). The molecule has 2 amide bonds. The molecule has 8 heteroatoms. The van der Waals surface area contributed by atoms with E-state index in [-0.39, 0.29) is 43.7 Å². The number of carboxylic acid groups (broad SMARTS) is 1. The molecule has 0 bridgehead atoms. The average molecular weight is 380 g/mol. The van der Waals surface area contributed by atoms with Crippen molar-refractivity contribution < 1.29 is 28.6 Å². The van der Waals surface area contributed by atoms with Crippen LogP contribution in [0.25, 0.3) is 0 Å².